The third-order valence-electron chi connectivity index (χ3n) is 2.68. The molecule has 0 radical (unpaired) electrons. The first-order chi connectivity index (χ1) is 8.91. The number of likely N-dealkylation sites (N-methyl/N-ethyl adjacent to an activating group) is 1. The lowest BCUT2D eigenvalue weighted by Crippen LogP contribution is -2.37. The van der Waals surface area contributed by atoms with Gasteiger partial charge in [0.15, 0.2) is 0 Å². The summed E-state index contributed by atoms with van der Waals surface area (Å²) in [6, 6.07) is 6.68. The van der Waals surface area contributed by atoms with Gasteiger partial charge in [-0.2, -0.15) is 0 Å². The maximum absolute atomic E-state index is 11.8. The van der Waals surface area contributed by atoms with Crippen molar-refractivity contribution in [2.75, 3.05) is 13.6 Å². The summed E-state index contributed by atoms with van der Waals surface area (Å²) < 4.78 is 0. The third kappa shape index (κ3) is 4.67. The number of nitrogens with one attached hydrogen (secondary N) is 1. The van der Waals surface area contributed by atoms with E-state index in [0.717, 1.165) is 0 Å². The van der Waals surface area contributed by atoms with Crippen LogP contribution >= 0.6 is 0 Å². The van der Waals surface area contributed by atoms with Crippen molar-refractivity contribution in [3.63, 3.8) is 0 Å². The number of hydrogen-bond donors (Lipinski definition) is 1. The van der Waals surface area contributed by atoms with Gasteiger partial charge in [0.2, 0.25) is 5.91 Å². The predicted molar refractivity (Wildman–Crippen MR) is 72.7 cm³/mol. The summed E-state index contributed by atoms with van der Waals surface area (Å²) in [5, 5.41) is 13.9. The average Bonchev–Trinajstić information content (AvgIpc) is 2.36. The molecule has 0 aliphatic rings. The molecule has 1 aromatic carbocycles. The third-order valence-corrected chi connectivity index (χ3v) is 2.68. The van der Waals surface area contributed by atoms with Crippen LogP contribution in [0, 0.1) is 10.1 Å². The topological polar surface area (TPSA) is 75.5 Å². The molecule has 1 N–H and O–H groups in total. The molecule has 0 saturated carbocycles. The lowest BCUT2D eigenvalue weighted by Gasteiger charge is -2.18. The van der Waals surface area contributed by atoms with Gasteiger partial charge in [-0.25, -0.2) is 0 Å². The van der Waals surface area contributed by atoms with Crippen LogP contribution in [-0.4, -0.2) is 35.4 Å². The van der Waals surface area contributed by atoms with E-state index < -0.39 is 4.92 Å². The molecule has 1 rings (SSSR count). The minimum atomic E-state index is -0.431. The molecule has 0 aromatic heterocycles. The molecule has 0 unspecified atom stereocenters. The maximum Gasteiger partial charge on any atom is 0.274 e. The van der Waals surface area contributed by atoms with Gasteiger partial charge in [-0.3, -0.25) is 14.9 Å². The number of nitrogens with zero attached hydrogens (tertiary/aromatic N) is 2. The van der Waals surface area contributed by atoms with Crippen molar-refractivity contribution >= 4 is 11.6 Å². The zero-order chi connectivity index (χ0) is 14.4. The number of carbonyl (C=O) groups is 1. The molecule has 0 bridgehead atoms. The lowest BCUT2D eigenvalue weighted by atomic mass is 10.1. The quantitative estimate of drug-likeness (QED) is 0.625. The smallest absolute Gasteiger partial charge is 0.274 e. The minimum Gasteiger partial charge on any atom is -0.340 e. The van der Waals surface area contributed by atoms with E-state index in [4.69, 9.17) is 0 Å². The zero-order valence-corrected chi connectivity index (χ0v) is 11.4. The number of amides is 1. The fourth-order valence-electron chi connectivity index (χ4n) is 1.59. The second-order valence-electron chi connectivity index (χ2n) is 4.67. The van der Waals surface area contributed by atoms with Crippen molar-refractivity contribution < 1.29 is 9.72 Å². The van der Waals surface area contributed by atoms with E-state index in [0.29, 0.717) is 5.56 Å². The van der Waals surface area contributed by atoms with Crippen LogP contribution < -0.4 is 5.32 Å². The normalized spacial score (nSPS) is 10.5. The highest BCUT2D eigenvalue weighted by Crippen LogP contribution is 2.18. The van der Waals surface area contributed by atoms with Gasteiger partial charge in [-0.05, 0) is 0 Å². The van der Waals surface area contributed by atoms with E-state index in [-0.39, 0.29) is 30.7 Å². The number of hydrogen-bond acceptors (Lipinski definition) is 4. The van der Waals surface area contributed by atoms with Crippen molar-refractivity contribution in [2.24, 2.45) is 0 Å². The van der Waals surface area contributed by atoms with Gasteiger partial charge in [-0.1, -0.05) is 32.0 Å². The number of benzene rings is 1. The van der Waals surface area contributed by atoms with E-state index in [9.17, 15) is 14.9 Å². The first-order valence-electron chi connectivity index (χ1n) is 6.11. The molecule has 6 nitrogen and oxygen atoms in total. The Morgan fingerprint density at radius 1 is 1.42 bits per heavy atom. The SMILES string of the molecule is CC(C)NCC(=O)N(C)Cc1ccccc1[N+](=O)[O-]. The molecule has 6 heteroatoms. The Hall–Kier alpha value is -1.95. The average molecular weight is 265 g/mol. The van der Waals surface area contributed by atoms with Crippen molar-refractivity contribution in [1.82, 2.24) is 10.2 Å². The number of carbonyl (C=O) groups excluding carboxylic acids is 1. The number of nitro benzene ring substituents is 1. The number of nitro groups is 1. The van der Waals surface area contributed by atoms with Gasteiger partial charge >= 0.3 is 0 Å². The molecule has 1 amide bonds. The van der Waals surface area contributed by atoms with Gasteiger partial charge in [0.25, 0.3) is 5.69 Å². The van der Waals surface area contributed by atoms with Gasteiger partial charge in [-0.15, -0.1) is 0 Å². The Labute approximate surface area is 112 Å². The molecule has 0 aliphatic heterocycles. The molecular weight excluding hydrogens is 246 g/mol. The van der Waals surface area contributed by atoms with Gasteiger partial charge in [0.1, 0.15) is 0 Å². The minimum absolute atomic E-state index is 0.0407. The molecule has 104 valence electrons. The van der Waals surface area contributed by atoms with E-state index in [1.54, 1.807) is 25.2 Å². The molecule has 0 heterocycles. The summed E-state index contributed by atoms with van der Waals surface area (Å²) in [4.78, 5) is 23.8. The fourth-order valence-corrected chi connectivity index (χ4v) is 1.59. The molecule has 1 aromatic rings. The molecule has 0 atom stereocenters. The summed E-state index contributed by atoms with van der Waals surface area (Å²) in [6.45, 7) is 4.37. The van der Waals surface area contributed by atoms with Gasteiger partial charge < -0.3 is 10.2 Å². The van der Waals surface area contributed by atoms with Crippen molar-refractivity contribution in [3.05, 3.63) is 39.9 Å². The Morgan fingerprint density at radius 2 is 2.05 bits per heavy atom. The molecular formula is C13H19N3O3. The second kappa shape index (κ2) is 6.84. The summed E-state index contributed by atoms with van der Waals surface area (Å²) >= 11 is 0. The Morgan fingerprint density at radius 3 is 2.63 bits per heavy atom. The van der Waals surface area contributed by atoms with Gasteiger partial charge in [0.05, 0.1) is 18.0 Å². The monoisotopic (exact) mass is 265 g/mol. The van der Waals surface area contributed by atoms with Crippen molar-refractivity contribution in [2.45, 2.75) is 26.4 Å². The van der Waals surface area contributed by atoms with E-state index in [1.165, 1.54) is 11.0 Å². The van der Waals surface area contributed by atoms with Crippen LogP contribution in [-0.2, 0) is 11.3 Å². The summed E-state index contributed by atoms with van der Waals surface area (Å²) in [5.74, 6) is -0.0909. The predicted octanol–water partition coefficient (Wildman–Crippen LogP) is 1.55. The molecule has 0 saturated heterocycles. The van der Waals surface area contributed by atoms with Crippen molar-refractivity contribution in [1.29, 1.82) is 0 Å². The zero-order valence-electron chi connectivity index (χ0n) is 11.4. The van der Waals surface area contributed by atoms with Gasteiger partial charge in [0, 0.05) is 24.7 Å². The van der Waals surface area contributed by atoms with Crippen LogP contribution in [0.25, 0.3) is 0 Å². The number of rotatable bonds is 6. The maximum atomic E-state index is 11.8. The Kier molecular flexibility index (Phi) is 5.44. The molecule has 19 heavy (non-hydrogen) atoms. The Bertz CT molecular complexity index is 460. The first-order valence-corrected chi connectivity index (χ1v) is 6.11. The highest BCUT2D eigenvalue weighted by molar-refractivity contribution is 5.78. The first kappa shape index (κ1) is 15.1. The molecule has 0 fully saturated rings. The second-order valence-corrected chi connectivity index (χ2v) is 4.67. The summed E-state index contributed by atoms with van der Waals surface area (Å²) in [6.07, 6.45) is 0. The molecule has 0 spiro atoms. The van der Waals surface area contributed by atoms with Crippen LogP contribution in [0.4, 0.5) is 5.69 Å². The summed E-state index contributed by atoms with van der Waals surface area (Å²) in [7, 11) is 1.64. The van der Waals surface area contributed by atoms with Crippen LogP contribution in [0.15, 0.2) is 24.3 Å². The summed E-state index contributed by atoms with van der Waals surface area (Å²) in [5.41, 5.74) is 0.576. The van der Waals surface area contributed by atoms with Crippen LogP contribution in [0.5, 0.6) is 0 Å². The largest absolute Gasteiger partial charge is 0.340 e. The van der Waals surface area contributed by atoms with E-state index in [1.807, 2.05) is 13.8 Å². The fraction of sp³-hybridized carbons (Fsp3) is 0.462. The highest BCUT2D eigenvalue weighted by atomic mass is 16.6. The van der Waals surface area contributed by atoms with Crippen LogP contribution in [0.2, 0.25) is 0 Å². The molecule has 0 aliphatic carbocycles. The van der Waals surface area contributed by atoms with Crippen LogP contribution in [0.1, 0.15) is 19.4 Å². The number of para-hydroxylation sites is 1. The highest BCUT2D eigenvalue weighted by Gasteiger charge is 2.16. The lowest BCUT2D eigenvalue weighted by molar-refractivity contribution is -0.385. The van der Waals surface area contributed by atoms with Crippen LogP contribution in [0.3, 0.4) is 0 Å². The van der Waals surface area contributed by atoms with E-state index in [2.05, 4.69) is 5.32 Å². The van der Waals surface area contributed by atoms with E-state index >= 15 is 0 Å². The Balaban J connectivity index is 2.69. The standard InChI is InChI=1S/C13H19N3O3/c1-10(2)14-8-13(17)15(3)9-11-6-4-5-7-12(11)16(18)19/h4-7,10,14H,8-9H2,1-3H3. The van der Waals surface area contributed by atoms with Crippen molar-refractivity contribution in [3.8, 4) is 0 Å².